The number of carbonyl (C=O) groups excluding carboxylic acids is 1. The third kappa shape index (κ3) is 4.18. The molecule has 0 spiro atoms. The zero-order valence-electron chi connectivity index (χ0n) is 16.8. The molecule has 158 valence electrons. The Morgan fingerprint density at radius 3 is 2.53 bits per heavy atom. The van der Waals surface area contributed by atoms with Crippen molar-refractivity contribution < 1.29 is 19.1 Å². The molecule has 2 aromatic heterocycles. The van der Waals surface area contributed by atoms with Crippen LogP contribution >= 0.6 is 11.3 Å². The number of carboxylic acid groups (broad SMARTS) is 1. The summed E-state index contributed by atoms with van der Waals surface area (Å²) in [7, 11) is 0. The molecule has 1 amide bonds. The normalized spacial score (nSPS) is 13.0. The lowest BCUT2D eigenvalue weighted by atomic mass is 9.96. The maximum Gasteiger partial charge on any atom is 0.335 e. The maximum atomic E-state index is 12.7. The number of aryl methyl sites for hydroxylation is 1. The summed E-state index contributed by atoms with van der Waals surface area (Å²) in [6.07, 6.45) is 5.15. The van der Waals surface area contributed by atoms with Gasteiger partial charge < -0.3 is 14.8 Å². The van der Waals surface area contributed by atoms with E-state index in [2.05, 4.69) is 11.4 Å². The second-order valence-electron chi connectivity index (χ2n) is 7.24. The second kappa shape index (κ2) is 8.93. The Morgan fingerprint density at radius 2 is 1.84 bits per heavy atom. The molecule has 0 fully saturated rings. The number of hydrogen-bond donors (Lipinski definition) is 2. The van der Waals surface area contributed by atoms with E-state index < -0.39 is 11.9 Å². The van der Waals surface area contributed by atoms with Crippen LogP contribution in [0.4, 0.5) is 5.00 Å². The minimum atomic E-state index is -1.02. The van der Waals surface area contributed by atoms with E-state index in [-0.39, 0.29) is 11.1 Å². The van der Waals surface area contributed by atoms with Gasteiger partial charge in [0.25, 0.3) is 5.91 Å². The number of anilines is 1. The first-order valence-corrected chi connectivity index (χ1v) is 10.7. The van der Waals surface area contributed by atoms with Crippen molar-refractivity contribution in [2.75, 3.05) is 5.32 Å². The number of hydrogen-bond acceptors (Lipinski definition) is 6. The lowest BCUT2D eigenvalue weighted by molar-refractivity contribution is -0.112. The van der Waals surface area contributed by atoms with Crippen LogP contribution in [0.1, 0.15) is 45.0 Å². The van der Waals surface area contributed by atoms with Gasteiger partial charge >= 0.3 is 5.97 Å². The summed E-state index contributed by atoms with van der Waals surface area (Å²) >= 11 is 1.40. The summed E-state index contributed by atoms with van der Waals surface area (Å²) in [5.41, 5.74) is 2.17. The molecule has 3 aromatic rings. The van der Waals surface area contributed by atoms with Gasteiger partial charge in [-0.05, 0) is 55.5 Å². The van der Waals surface area contributed by atoms with Gasteiger partial charge in [0.2, 0.25) is 0 Å². The minimum absolute atomic E-state index is 0.151. The van der Waals surface area contributed by atoms with Crippen molar-refractivity contribution in [3.63, 3.8) is 0 Å². The standard InChI is InChI=1S/C24H17N3O4S/c25-12-16(22(28)27-23-19(13-26)18-3-1-2-4-21(18)32-23)11-17-9-10-20(31-17)14-5-7-15(8-6-14)24(29)30/h5-11H,1-4H2,(H,27,28)(H,29,30). The van der Waals surface area contributed by atoms with Gasteiger partial charge in [-0.25, -0.2) is 4.79 Å². The number of nitrogens with zero attached hydrogens (tertiary/aromatic N) is 2. The number of nitriles is 2. The number of nitrogens with one attached hydrogen (secondary N) is 1. The first-order valence-electron chi connectivity index (χ1n) is 9.91. The average molecular weight is 443 g/mol. The molecule has 7 nitrogen and oxygen atoms in total. The first-order chi connectivity index (χ1) is 15.5. The van der Waals surface area contributed by atoms with E-state index in [1.165, 1.54) is 29.5 Å². The highest BCUT2D eigenvalue weighted by molar-refractivity contribution is 7.16. The number of aromatic carboxylic acids is 1. The van der Waals surface area contributed by atoms with Gasteiger partial charge in [-0.1, -0.05) is 12.1 Å². The molecule has 2 N–H and O–H groups in total. The van der Waals surface area contributed by atoms with Crippen LogP contribution in [-0.2, 0) is 17.6 Å². The minimum Gasteiger partial charge on any atom is -0.478 e. The van der Waals surface area contributed by atoms with Crippen LogP contribution in [0.2, 0.25) is 0 Å². The largest absolute Gasteiger partial charge is 0.478 e. The van der Waals surface area contributed by atoms with E-state index in [1.54, 1.807) is 24.3 Å². The van der Waals surface area contributed by atoms with Crippen LogP contribution in [0.3, 0.4) is 0 Å². The third-order valence-corrected chi connectivity index (χ3v) is 6.41. The highest BCUT2D eigenvalue weighted by Crippen LogP contribution is 2.37. The Hall–Kier alpha value is -4.14. The smallest absolute Gasteiger partial charge is 0.335 e. The maximum absolute atomic E-state index is 12.7. The van der Waals surface area contributed by atoms with E-state index in [0.29, 0.717) is 27.6 Å². The summed E-state index contributed by atoms with van der Waals surface area (Å²) in [4.78, 5) is 24.8. The van der Waals surface area contributed by atoms with Crippen LogP contribution in [-0.4, -0.2) is 17.0 Å². The summed E-state index contributed by atoms with van der Waals surface area (Å²) in [5.74, 6) is -0.842. The molecule has 1 aromatic carbocycles. The zero-order valence-corrected chi connectivity index (χ0v) is 17.7. The topological polar surface area (TPSA) is 127 Å². The van der Waals surface area contributed by atoms with Crippen molar-refractivity contribution in [3.05, 3.63) is 69.3 Å². The van der Waals surface area contributed by atoms with Crippen LogP contribution < -0.4 is 5.32 Å². The number of carbonyl (C=O) groups is 2. The van der Waals surface area contributed by atoms with Crippen molar-refractivity contribution in [1.82, 2.24) is 0 Å². The number of carboxylic acids is 1. The molecule has 0 radical (unpaired) electrons. The Bertz CT molecular complexity index is 1320. The van der Waals surface area contributed by atoms with Gasteiger partial charge in [-0.15, -0.1) is 11.3 Å². The molecule has 1 aliphatic rings. The average Bonchev–Trinajstić information content (AvgIpc) is 3.41. The number of thiophene rings is 1. The molecule has 0 atom stereocenters. The number of benzene rings is 1. The fourth-order valence-electron chi connectivity index (χ4n) is 3.60. The first kappa shape index (κ1) is 21.1. The number of amides is 1. The Balaban J connectivity index is 1.54. The molecule has 1 aliphatic carbocycles. The Labute approximate surface area is 187 Å². The molecule has 8 heteroatoms. The number of furan rings is 1. The molecular formula is C24H17N3O4S. The van der Waals surface area contributed by atoms with Crippen molar-refractivity contribution in [2.24, 2.45) is 0 Å². The van der Waals surface area contributed by atoms with Crippen molar-refractivity contribution in [1.29, 1.82) is 10.5 Å². The van der Waals surface area contributed by atoms with Gasteiger partial charge in [-0.2, -0.15) is 10.5 Å². The highest BCUT2D eigenvalue weighted by Gasteiger charge is 2.23. The number of rotatable bonds is 5. The van der Waals surface area contributed by atoms with Gasteiger partial charge in [0, 0.05) is 16.5 Å². The van der Waals surface area contributed by atoms with Crippen LogP contribution in [0.25, 0.3) is 17.4 Å². The van der Waals surface area contributed by atoms with Crippen molar-refractivity contribution >= 4 is 34.3 Å². The molecule has 0 saturated heterocycles. The monoisotopic (exact) mass is 443 g/mol. The molecule has 32 heavy (non-hydrogen) atoms. The summed E-state index contributed by atoms with van der Waals surface area (Å²) < 4.78 is 5.71. The quantitative estimate of drug-likeness (QED) is 0.422. The molecule has 0 aliphatic heterocycles. The molecule has 0 unspecified atom stereocenters. The second-order valence-corrected chi connectivity index (χ2v) is 8.34. The fraction of sp³-hybridized carbons (Fsp3) is 0.167. The lowest BCUT2D eigenvalue weighted by Gasteiger charge is -2.09. The lowest BCUT2D eigenvalue weighted by Crippen LogP contribution is -2.13. The SMILES string of the molecule is N#CC(=Cc1ccc(-c2ccc(C(=O)O)cc2)o1)C(=O)Nc1sc2c(c1C#N)CCCC2. The summed E-state index contributed by atoms with van der Waals surface area (Å²) in [6, 6.07) is 13.5. The van der Waals surface area contributed by atoms with E-state index >= 15 is 0 Å². The van der Waals surface area contributed by atoms with E-state index in [4.69, 9.17) is 9.52 Å². The van der Waals surface area contributed by atoms with Crippen LogP contribution in [0.15, 0.2) is 46.4 Å². The molecule has 2 heterocycles. The summed E-state index contributed by atoms with van der Waals surface area (Å²) in [5, 5.41) is 31.2. The number of fused-ring (bicyclic) bond motifs is 1. The predicted molar refractivity (Wildman–Crippen MR) is 119 cm³/mol. The highest BCUT2D eigenvalue weighted by atomic mass is 32.1. The van der Waals surface area contributed by atoms with Crippen LogP contribution in [0.5, 0.6) is 0 Å². The zero-order chi connectivity index (χ0) is 22.7. The van der Waals surface area contributed by atoms with E-state index in [9.17, 15) is 20.1 Å². The van der Waals surface area contributed by atoms with Gasteiger partial charge in [0.1, 0.15) is 34.2 Å². The Morgan fingerprint density at radius 1 is 1.09 bits per heavy atom. The van der Waals surface area contributed by atoms with Gasteiger partial charge in [0.05, 0.1) is 11.1 Å². The van der Waals surface area contributed by atoms with Crippen molar-refractivity contribution in [2.45, 2.75) is 25.7 Å². The predicted octanol–water partition coefficient (Wildman–Crippen LogP) is 5.00. The van der Waals surface area contributed by atoms with Crippen molar-refractivity contribution in [3.8, 4) is 23.5 Å². The third-order valence-electron chi connectivity index (χ3n) is 5.20. The summed E-state index contributed by atoms with van der Waals surface area (Å²) in [6.45, 7) is 0. The molecular weight excluding hydrogens is 426 g/mol. The van der Waals surface area contributed by atoms with Gasteiger partial charge in [-0.3, -0.25) is 4.79 Å². The molecule has 0 saturated carbocycles. The molecule has 0 bridgehead atoms. The van der Waals surface area contributed by atoms with Crippen LogP contribution in [0, 0.1) is 22.7 Å². The Kier molecular flexibility index (Phi) is 5.89. The van der Waals surface area contributed by atoms with E-state index in [0.717, 1.165) is 36.1 Å². The fourth-order valence-corrected chi connectivity index (χ4v) is 4.83. The van der Waals surface area contributed by atoms with E-state index in [1.807, 2.05) is 6.07 Å². The molecule has 4 rings (SSSR count). The van der Waals surface area contributed by atoms with Gasteiger partial charge in [0.15, 0.2) is 0 Å².